The Hall–Kier alpha value is -4.17. The standard InChI is InChI=1S/C29H28N4O3S/c1-4-36-23-14-12-22(13-15-23)33-27(26(31-29(33)37)25-7-5-6-16-30-25)24-17-18(2)32(19(24)3)21-10-8-20(9-11-21)28(34)35/h5-17,26-27H,4H2,1-3H3,(H,31,37)(H,34,35)/t26-,27+/m1/s1. The zero-order valence-corrected chi connectivity index (χ0v) is 21.7. The van der Waals surface area contributed by atoms with E-state index in [-0.39, 0.29) is 17.6 Å². The number of carbonyl (C=O) groups is 1. The van der Waals surface area contributed by atoms with Crippen LogP contribution in [0.5, 0.6) is 5.75 Å². The number of carboxylic acid groups (broad SMARTS) is 1. The number of aryl methyl sites for hydroxylation is 1. The summed E-state index contributed by atoms with van der Waals surface area (Å²) in [7, 11) is 0. The number of hydrogen-bond donors (Lipinski definition) is 2. The second-order valence-corrected chi connectivity index (χ2v) is 9.32. The number of hydrogen-bond acceptors (Lipinski definition) is 4. The van der Waals surface area contributed by atoms with Gasteiger partial charge in [0.1, 0.15) is 5.75 Å². The smallest absolute Gasteiger partial charge is 0.335 e. The average molecular weight is 513 g/mol. The van der Waals surface area contributed by atoms with Crippen molar-refractivity contribution in [2.24, 2.45) is 0 Å². The third-order valence-corrected chi connectivity index (χ3v) is 7.00. The van der Waals surface area contributed by atoms with Gasteiger partial charge in [0.15, 0.2) is 5.11 Å². The Labute approximate surface area is 221 Å². The van der Waals surface area contributed by atoms with Crippen LogP contribution in [0.1, 0.15) is 52.0 Å². The summed E-state index contributed by atoms with van der Waals surface area (Å²) in [6.07, 6.45) is 1.80. The number of carboxylic acids is 1. The van der Waals surface area contributed by atoms with Crippen molar-refractivity contribution in [1.29, 1.82) is 0 Å². The van der Waals surface area contributed by atoms with Gasteiger partial charge in [0, 0.05) is 29.0 Å². The Morgan fingerprint density at radius 2 is 1.76 bits per heavy atom. The molecular formula is C29H28N4O3S. The molecule has 2 N–H and O–H groups in total. The van der Waals surface area contributed by atoms with Crippen molar-refractivity contribution in [3.8, 4) is 11.4 Å². The minimum absolute atomic E-state index is 0.154. The molecule has 0 amide bonds. The van der Waals surface area contributed by atoms with Gasteiger partial charge in [0.25, 0.3) is 0 Å². The number of nitrogens with one attached hydrogen (secondary N) is 1. The topological polar surface area (TPSA) is 79.6 Å². The molecule has 7 nitrogen and oxygen atoms in total. The first-order valence-corrected chi connectivity index (χ1v) is 12.6. The van der Waals surface area contributed by atoms with E-state index in [0.29, 0.717) is 11.7 Å². The molecule has 1 saturated heterocycles. The molecule has 2 atom stereocenters. The summed E-state index contributed by atoms with van der Waals surface area (Å²) >= 11 is 5.87. The Morgan fingerprint density at radius 1 is 1.05 bits per heavy atom. The Morgan fingerprint density at radius 3 is 2.38 bits per heavy atom. The van der Waals surface area contributed by atoms with Crippen LogP contribution < -0.4 is 15.0 Å². The number of pyridine rings is 1. The fraction of sp³-hybridized carbons (Fsp3) is 0.207. The first-order valence-electron chi connectivity index (χ1n) is 12.1. The molecule has 8 heteroatoms. The second-order valence-electron chi connectivity index (χ2n) is 8.94. The molecule has 0 saturated carbocycles. The van der Waals surface area contributed by atoms with Crippen molar-refractivity contribution in [3.63, 3.8) is 0 Å². The van der Waals surface area contributed by atoms with E-state index < -0.39 is 5.97 Å². The largest absolute Gasteiger partial charge is 0.494 e. The number of nitrogens with zero attached hydrogens (tertiary/aromatic N) is 3. The molecule has 37 heavy (non-hydrogen) atoms. The molecule has 188 valence electrons. The first kappa shape index (κ1) is 24.5. The second kappa shape index (κ2) is 10.1. The number of benzene rings is 2. The van der Waals surface area contributed by atoms with E-state index >= 15 is 0 Å². The molecule has 1 aliphatic heterocycles. The summed E-state index contributed by atoms with van der Waals surface area (Å²) in [5, 5.41) is 13.4. The van der Waals surface area contributed by atoms with Crippen molar-refractivity contribution in [3.05, 3.63) is 107 Å². The molecule has 0 aliphatic carbocycles. The van der Waals surface area contributed by atoms with Crippen molar-refractivity contribution in [1.82, 2.24) is 14.9 Å². The minimum Gasteiger partial charge on any atom is -0.494 e. The molecule has 3 heterocycles. The van der Waals surface area contributed by atoms with Gasteiger partial charge in [0.2, 0.25) is 0 Å². The van der Waals surface area contributed by atoms with Crippen LogP contribution >= 0.6 is 12.2 Å². The van der Waals surface area contributed by atoms with Gasteiger partial charge in [0.05, 0.1) is 29.9 Å². The van der Waals surface area contributed by atoms with Crippen LogP contribution in [0.15, 0.2) is 79.0 Å². The van der Waals surface area contributed by atoms with Gasteiger partial charge in [-0.25, -0.2) is 4.79 Å². The summed E-state index contributed by atoms with van der Waals surface area (Å²) < 4.78 is 7.79. The van der Waals surface area contributed by atoms with Gasteiger partial charge in [-0.05, 0) is 105 Å². The SMILES string of the molecule is CCOc1ccc(N2C(=S)N[C@H](c3ccccn3)[C@@H]2c2cc(C)n(-c3ccc(C(=O)O)cc3)c2C)cc1. The summed E-state index contributed by atoms with van der Waals surface area (Å²) in [6.45, 7) is 6.71. The molecule has 0 spiro atoms. The van der Waals surface area contributed by atoms with E-state index in [9.17, 15) is 9.90 Å². The van der Waals surface area contributed by atoms with Gasteiger partial charge in [-0.2, -0.15) is 0 Å². The molecule has 0 bridgehead atoms. The highest BCUT2D eigenvalue weighted by Crippen LogP contribution is 2.44. The predicted octanol–water partition coefficient (Wildman–Crippen LogP) is 5.76. The van der Waals surface area contributed by atoms with Gasteiger partial charge >= 0.3 is 5.97 Å². The fourth-order valence-corrected chi connectivity index (χ4v) is 5.40. The van der Waals surface area contributed by atoms with E-state index in [2.05, 4.69) is 39.7 Å². The quantitative estimate of drug-likeness (QED) is 0.305. The van der Waals surface area contributed by atoms with Crippen LogP contribution in [0.2, 0.25) is 0 Å². The molecule has 2 aromatic heterocycles. The van der Waals surface area contributed by atoms with Crippen LogP contribution in [-0.2, 0) is 0 Å². The average Bonchev–Trinajstić information content (AvgIpc) is 3.40. The maximum absolute atomic E-state index is 11.3. The Balaban J connectivity index is 1.62. The first-order chi connectivity index (χ1) is 17.9. The molecule has 2 aromatic carbocycles. The van der Waals surface area contributed by atoms with Crippen molar-refractivity contribution >= 4 is 29.0 Å². The van der Waals surface area contributed by atoms with Gasteiger partial charge in [-0.15, -0.1) is 0 Å². The number of thiocarbonyl (C=S) groups is 1. The minimum atomic E-state index is -0.942. The van der Waals surface area contributed by atoms with Crippen molar-refractivity contribution in [2.75, 3.05) is 11.5 Å². The lowest BCUT2D eigenvalue weighted by molar-refractivity contribution is 0.0697. The third kappa shape index (κ3) is 4.56. The van der Waals surface area contributed by atoms with E-state index in [1.165, 1.54) is 0 Å². The summed E-state index contributed by atoms with van der Waals surface area (Å²) in [5.74, 6) is -0.131. The Kier molecular flexibility index (Phi) is 6.67. The van der Waals surface area contributed by atoms with Crippen LogP contribution in [0.3, 0.4) is 0 Å². The van der Waals surface area contributed by atoms with E-state index in [0.717, 1.165) is 39.8 Å². The highest BCUT2D eigenvalue weighted by atomic mass is 32.1. The Bertz CT molecular complexity index is 1430. The number of rotatable bonds is 7. The highest BCUT2D eigenvalue weighted by molar-refractivity contribution is 7.80. The number of aromatic carboxylic acids is 1. The van der Waals surface area contributed by atoms with Crippen LogP contribution in [-0.4, -0.2) is 32.3 Å². The molecule has 1 fully saturated rings. The van der Waals surface area contributed by atoms with Gasteiger partial charge in [-0.1, -0.05) is 6.07 Å². The maximum atomic E-state index is 11.3. The monoisotopic (exact) mass is 512 g/mol. The summed E-state index contributed by atoms with van der Waals surface area (Å²) in [6, 6.07) is 22.7. The lowest BCUT2D eigenvalue weighted by atomic mass is 9.96. The maximum Gasteiger partial charge on any atom is 0.335 e. The van der Waals surface area contributed by atoms with Crippen LogP contribution in [0.25, 0.3) is 5.69 Å². The van der Waals surface area contributed by atoms with E-state index in [4.69, 9.17) is 17.0 Å². The van der Waals surface area contributed by atoms with Crippen LogP contribution in [0, 0.1) is 13.8 Å². The van der Waals surface area contributed by atoms with Crippen LogP contribution in [0.4, 0.5) is 5.69 Å². The normalized spacial score (nSPS) is 17.1. The zero-order valence-electron chi connectivity index (χ0n) is 20.9. The lowest BCUT2D eigenvalue weighted by Crippen LogP contribution is -2.29. The third-order valence-electron chi connectivity index (χ3n) is 6.69. The predicted molar refractivity (Wildman–Crippen MR) is 148 cm³/mol. The molecule has 1 aliphatic rings. The van der Waals surface area contributed by atoms with Gasteiger partial charge in [-0.3, -0.25) is 4.98 Å². The van der Waals surface area contributed by atoms with E-state index in [1.54, 1.807) is 18.3 Å². The summed E-state index contributed by atoms with van der Waals surface area (Å²) in [5.41, 5.74) is 6.22. The van der Waals surface area contributed by atoms with Crippen molar-refractivity contribution < 1.29 is 14.6 Å². The van der Waals surface area contributed by atoms with Gasteiger partial charge < -0.3 is 24.6 Å². The molecular weight excluding hydrogens is 484 g/mol. The number of anilines is 1. The lowest BCUT2D eigenvalue weighted by Gasteiger charge is -2.28. The molecule has 0 unspecified atom stereocenters. The summed E-state index contributed by atoms with van der Waals surface area (Å²) in [4.78, 5) is 18.1. The number of ether oxygens (including phenoxy) is 1. The van der Waals surface area contributed by atoms with Crippen molar-refractivity contribution in [2.45, 2.75) is 32.9 Å². The molecule has 4 aromatic rings. The molecule has 0 radical (unpaired) electrons. The fourth-order valence-electron chi connectivity index (χ4n) is 5.06. The molecule has 5 rings (SSSR count). The highest BCUT2D eigenvalue weighted by Gasteiger charge is 2.42. The van der Waals surface area contributed by atoms with E-state index in [1.807, 2.05) is 61.5 Å². The zero-order chi connectivity index (χ0) is 26.1. The number of aromatic nitrogens is 2.